The number of hydrogen-bond donors (Lipinski definition) is 2. The molecule has 0 atom stereocenters. The number of amides is 2. The first-order valence-electron chi connectivity index (χ1n) is 8.38. The van der Waals surface area contributed by atoms with Gasteiger partial charge in [-0.1, -0.05) is 6.07 Å². The van der Waals surface area contributed by atoms with Gasteiger partial charge in [0.25, 0.3) is 0 Å². The molecule has 3 rings (SSSR count). The molecule has 1 heterocycles. The monoisotopic (exact) mass is 400 g/mol. The van der Waals surface area contributed by atoms with Crippen molar-refractivity contribution in [2.45, 2.75) is 6.92 Å². The van der Waals surface area contributed by atoms with Crippen LogP contribution in [0.25, 0.3) is 10.1 Å². The standard InChI is InChI=1S/C20H20N2O5S/c1-11-5-7-15(25-2)14(9-11)22-20(24)21-12-6-8-16-13(10-12)17(26-3)18(28-16)19(23)27-4/h5-10H,1-4H3,(H2,21,22,24). The number of thiophene rings is 1. The number of anilines is 2. The molecule has 2 aromatic carbocycles. The molecule has 2 N–H and O–H groups in total. The molecular weight excluding hydrogens is 380 g/mol. The summed E-state index contributed by atoms with van der Waals surface area (Å²) < 4.78 is 16.3. The number of nitrogens with one attached hydrogen (secondary N) is 2. The Balaban J connectivity index is 1.85. The van der Waals surface area contributed by atoms with E-state index in [4.69, 9.17) is 14.2 Å². The molecule has 8 heteroatoms. The van der Waals surface area contributed by atoms with Crippen molar-refractivity contribution < 1.29 is 23.8 Å². The normalized spacial score (nSPS) is 10.4. The van der Waals surface area contributed by atoms with E-state index in [-0.39, 0.29) is 0 Å². The van der Waals surface area contributed by atoms with Crippen LogP contribution in [0.4, 0.5) is 16.2 Å². The summed E-state index contributed by atoms with van der Waals surface area (Å²) in [5, 5.41) is 6.29. The Hall–Kier alpha value is -3.26. The Morgan fingerprint density at radius 1 is 0.964 bits per heavy atom. The van der Waals surface area contributed by atoms with Gasteiger partial charge in [-0.15, -0.1) is 11.3 Å². The zero-order valence-electron chi connectivity index (χ0n) is 15.9. The fraction of sp³-hybridized carbons (Fsp3) is 0.200. The van der Waals surface area contributed by atoms with E-state index in [0.717, 1.165) is 15.6 Å². The van der Waals surface area contributed by atoms with E-state index >= 15 is 0 Å². The molecule has 0 radical (unpaired) electrons. The summed E-state index contributed by atoms with van der Waals surface area (Å²) in [6.45, 7) is 1.93. The molecule has 0 unspecified atom stereocenters. The van der Waals surface area contributed by atoms with Gasteiger partial charge in [0, 0.05) is 15.8 Å². The summed E-state index contributed by atoms with van der Waals surface area (Å²) in [6, 6.07) is 10.4. The Bertz CT molecular complexity index is 1040. The van der Waals surface area contributed by atoms with Crippen molar-refractivity contribution in [3.05, 3.63) is 46.8 Å². The van der Waals surface area contributed by atoms with Crippen LogP contribution in [-0.4, -0.2) is 33.3 Å². The average Bonchev–Trinajstić information content (AvgIpc) is 3.05. The maximum atomic E-state index is 12.4. The summed E-state index contributed by atoms with van der Waals surface area (Å²) in [7, 11) is 4.36. The van der Waals surface area contributed by atoms with Crippen LogP contribution >= 0.6 is 11.3 Å². The molecule has 0 saturated heterocycles. The first kappa shape index (κ1) is 19.5. The molecule has 0 spiro atoms. The predicted molar refractivity (Wildman–Crippen MR) is 110 cm³/mol. The highest BCUT2D eigenvalue weighted by atomic mass is 32.1. The van der Waals surface area contributed by atoms with E-state index in [1.165, 1.54) is 25.6 Å². The Morgan fingerprint density at radius 3 is 2.43 bits per heavy atom. The second-order valence-electron chi connectivity index (χ2n) is 5.95. The predicted octanol–water partition coefficient (Wildman–Crippen LogP) is 4.66. The SMILES string of the molecule is COC(=O)c1sc2ccc(NC(=O)Nc3cc(C)ccc3OC)cc2c1OC. The smallest absolute Gasteiger partial charge is 0.351 e. The number of methoxy groups -OCH3 is 3. The van der Waals surface area contributed by atoms with E-state index in [1.807, 2.05) is 25.1 Å². The number of carbonyl (C=O) groups is 2. The van der Waals surface area contributed by atoms with Gasteiger partial charge in [-0.2, -0.15) is 0 Å². The molecule has 0 saturated carbocycles. The number of benzene rings is 2. The first-order chi connectivity index (χ1) is 13.5. The van der Waals surface area contributed by atoms with Crippen molar-refractivity contribution in [3.8, 4) is 11.5 Å². The third kappa shape index (κ3) is 3.86. The van der Waals surface area contributed by atoms with Crippen molar-refractivity contribution in [3.63, 3.8) is 0 Å². The highest BCUT2D eigenvalue weighted by molar-refractivity contribution is 7.21. The van der Waals surface area contributed by atoms with Gasteiger partial charge in [-0.3, -0.25) is 0 Å². The molecular formula is C20H20N2O5S. The molecule has 0 fully saturated rings. The van der Waals surface area contributed by atoms with Crippen LogP contribution in [0.2, 0.25) is 0 Å². The topological polar surface area (TPSA) is 85.9 Å². The molecule has 3 aromatic rings. The number of aryl methyl sites for hydroxylation is 1. The third-order valence-electron chi connectivity index (χ3n) is 4.08. The molecule has 0 aliphatic heterocycles. The Labute approximate surface area is 166 Å². The van der Waals surface area contributed by atoms with Gasteiger partial charge in [0.05, 0.1) is 27.0 Å². The summed E-state index contributed by atoms with van der Waals surface area (Å²) in [5.74, 6) is 0.534. The zero-order chi connectivity index (χ0) is 20.3. The maximum absolute atomic E-state index is 12.4. The molecule has 7 nitrogen and oxygen atoms in total. The quantitative estimate of drug-likeness (QED) is 0.609. The summed E-state index contributed by atoms with van der Waals surface area (Å²) in [6.07, 6.45) is 0. The Morgan fingerprint density at radius 2 is 1.75 bits per heavy atom. The molecule has 0 aliphatic carbocycles. The number of hydrogen-bond acceptors (Lipinski definition) is 6. The minimum absolute atomic E-state index is 0.381. The number of fused-ring (bicyclic) bond motifs is 1. The molecule has 0 bridgehead atoms. The number of rotatable bonds is 5. The van der Waals surface area contributed by atoms with E-state index < -0.39 is 12.0 Å². The third-order valence-corrected chi connectivity index (χ3v) is 5.21. The second kappa shape index (κ2) is 8.18. The van der Waals surface area contributed by atoms with E-state index in [9.17, 15) is 9.59 Å². The van der Waals surface area contributed by atoms with Gasteiger partial charge in [0.2, 0.25) is 0 Å². The molecule has 2 amide bonds. The van der Waals surface area contributed by atoms with E-state index in [2.05, 4.69) is 10.6 Å². The highest BCUT2D eigenvalue weighted by Crippen LogP contribution is 2.39. The average molecular weight is 400 g/mol. The molecule has 1 aromatic heterocycles. The van der Waals surface area contributed by atoms with E-state index in [0.29, 0.717) is 27.8 Å². The van der Waals surface area contributed by atoms with Crippen molar-refractivity contribution in [1.82, 2.24) is 0 Å². The van der Waals surface area contributed by atoms with Crippen LogP contribution < -0.4 is 20.1 Å². The minimum Gasteiger partial charge on any atom is -0.495 e. The largest absolute Gasteiger partial charge is 0.495 e. The second-order valence-corrected chi connectivity index (χ2v) is 7.00. The zero-order valence-corrected chi connectivity index (χ0v) is 16.7. The van der Waals surface area contributed by atoms with Crippen LogP contribution in [0.1, 0.15) is 15.2 Å². The number of esters is 1. The van der Waals surface area contributed by atoms with Crippen LogP contribution in [0.3, 0.4) is 0 Å². The Kier molecular flexibility index (Phi) is 5.70. The lowest BCUT2D eigenvalue weighted by molar-refractivity contribution is 0.0603. The van der Waals surface area contributed by atoms with Gasteiger partial charge >= 0.3 is 12.0 Å². The van der Waals surface area contributed by atoms with Gasteiger partial charge < -0.3 is 24.8 Å². The maximum Gasteiger partial charge on any atom is 0.351 e. The highest BCUT2D eigenvalue weighted by Gasteiger charge is 2.20. The van der Waals surface area contributed by atoms with Crippen LogP contribution in [0.15, 0.2) is 36.4 Å². The van der Waals surface area contributed by atoms with Crippen molar-refractivity contribution in [1.29, 1.82) is 0 Å². The van der Waals surface area contributed by atoms with Crippen molar-refractivity contribution in [2.75, 3.05) is 32.0 Å². The lowest BCUT2D eigenvalue weighted by Gasteiger charge is -2.12. The van der Waals surface area contributed by atoms with E-state index in [1.54, 1.807) is 25.3 Å². The van der Waals surface area contributed by atoms with Crippen LogP contribution in [-0.2, 0) is 4.74 Å². The van der Waals surface area contributed by atoms with Crippen molar-refractivity contribution >= 4 is 44.8 Å². The number of carbonyl (C=O) groups excluding carboxylic acids is 2. The summed E-state index contributed by atoms with van der Waals surface area (Å²) >= 11 is 1.27. The van der Waals surface area contributed by atoms with Gasteiger partial charge in [-0.25, -0.2) is 9.59 Å². The molecule has 146 valence electrons. The van der Waals surface area contributed by atoms with Crippen LogP contribution in [0, 0.1) is 6.92 Å². The summed E-state index contributed by atoms with van der Waals surface area (Å²) in [5.41, 5.74) is 2.13. The minimum atomic E-state index is -0.461. The van der Waals surface area contributed by atoms with Crippen LogP contribution in [0.5, 0.6) is 11.5 Å². The number of ether oxygens (including phenoxy) is 3. The summed E-state index contributed by atoms with van der Waals surface area (Å²) in [4.78, 5) is 24.7. The lowest BCUT2D eigenvalue weighted by atomic mass is 10.2. The number of urea groups is 1. The molecule has 28 heavy (non-hydrogen) atoms. The molecule has 0 aliphatic rings. The van der Waals surface area contributed by atoms with Gasteiger partial charge in [0.1, 0.15) is 5.75 Å². The lowest BCUT2D eigenvalue weighted by Crippen LogP contribution is -2.19. The van der Waals surface area contributed by atoms with Gasteiger partial charge in [0.15, 0.2) is 10.6 Å². The first-order valence-corrected chi connectivity index (χ1v) is 9.20. The fourth-order valence-corrected chi connectivity index (χ4v) is 3.86. The van der Waals surface area contributed by atoms with Crippen molar-refractivity contribution in [2.24, 2.45) is 0 Å². The van der Waals surface area contributed by atoms with Gasteiger partial charge in [-0.05, 0) is 42.8 Å². The fourth-order valence-electron chi connectivity index (χ4n) is 2.79.